The van der Waals surface area contributed by atoms with Crippen molar-refractivity contribution >= 4 is 33.2 Å². The van der Waals surface area contributed by atoms with Gasteiger partial charge in [0.05, 0.1) is 18.0 Å². The first kappa shape index (κ1) is 18.6. The normalized spacial score (nSPS) is 31.1. The van der Waals surface area contributed by atoms with Crippen LogP contribution in [0.15, 0.2) is 12.7 Å². The van der Waals surface area contributed by atoms with Gasteiger partial charge in [-0.1, -0.05) is 0 Å². The number of carbonyl (C=O) groups excluding carboxylic acids is 1. The minimum atomic E-state index is -0.341. The standard InChI is InChI=1S/C21H22N8O2S/c1-11-14-16-25-19(26-28(16)10-22-17(14)32-15(11)18(30)31-2)20-4-12-3-13(5-20)7-21(6-12,8-20)29-24-9-23-27-29/h9-10,12-13H,3-8H2,1-2H3. The SMILES string of the molecule is COC(=O)c1sc2ncn3nc(C45CC6CC(C4)CC(n4ncnn4)(C6)C5)nc3c2c1C. The van der Waals surface area contributed by atoms with E-state index >= 15 is 0 Å². The highest BCUT2D eigenvalue weighted by Crippen LogP contribution is 2.64. The first-order chi connectivity index (χ1) is 15.5. The summed E-state index contributed by atoms with van der Waals surface area (Å²) in [5.74, 6) is 1.80. The molecule has 4 aliphatic rings. The topological polar surface area (TPSA) is 113 Å². The third-order valence-corrected chi connectivity index (χ3v) is 9.10. The number of aryl methyl sites for hydroxylation is 1. The van der Waals surface area contributed by atoms with Crippen molar-refractivity contribution < 1.29 is 9.53 Å². The largest absolute Gasteiger partial charge is 0.465 e. The van der Waals surface area contributed by atoms with Crippen LogP contribution in [0.1, 0.15) is 59.6 Å². The van der Waals surface area contributed by atoms with Crippen LogP contribution in [0.3, 0.4) is 0 Å². The molecule has 0 aliphatic heterocycles. The number of hydrogen-bond acceptors (Lipinski definition) is 9. The van der Waals surface area contributed by atoms with Crippen LogP contribution >= 0.6 is 11.3 Å². The van der Waals surface area contributed by atoms with Crippen molar-refractivity contribution in [3.05, 3.63) is 28.9 Å². The van der Waals surface area contributed by atoms with Gasteiger partial charge < -0.3 is 4.74 Å². The molecule has 4 aliphatic carbocycles. The lowest BCUT2D eigenvalue weighted by Gasteiger charge is -2.60. The second kappa shape index (κ2) is 6.09. The smallest absolute Gasteiger partial charge is 0.348 e. The number of tetrazole rings is 1. The van der Waals surface area contributed by atoms with Crippen LogP contribution in [0.4, 0.5) is 0 Å². The van der Waals surface area contributed by atoms with Gasteiger partial charge in [0, 0.05) is 5.41 Å². The summed E-state index contributed by atoms with van der Waals surface area (Å²) in [4.78, 5) is 25.1. The van der Waals surface area contributed by atoms with E-state index in [1.54, 1.807) is 10.8 Å². The third kappa shape index (κ3) is 2.31. The van der Waals surface area contributed by atoms with E-state index in [1.165, 1.54) is 31.2 Å². The van der Waals surface area contributed by atoms with Crippen LogP contribution in [0, 0.1) is 18.8 Å². The quantitative estimate of drug-likeness (QED) is 0.438. The van der Waals surface area contributed by atoms with Crippen molar-refractivity contribution in [1.29, 1.82) is 0 Å². The highest BCUT2D eigenvalue weighted by molar-refractivity contribution is 7.20. The first-order valence-corrected chi connectivity index (χ1v) is 11.8. The Bertz CT molecular complexity index is 1380. The average Bonchev–Trinajstić information content (AvgIpc) is 3.51. The van der Waals surface area contributed by atoms with Crippen molar-refractivity contribution in [3.63, 3.8) is 0 Å². The van der Waals surface area contributed by atoms with Gasteiger partial charge in [0.1, 0.15) is 16.0 Å². The molecule has 0 N–H and O–H groups in total. The van der Waals surface area contributed by atoms with Gasteiger partial charge in [-0.25, -0.2) is 19.3 Å². The highest BCUT2D eigenvalue weighted by atomic mass is 32.1. The molecule has 8 rings (SSSR count). The van der Waals surface area contributed by atoms with Crippen molar-refractivity contribution in [1.82, 2.24) is 39.8 Å². The molecular formula is C21H22N8O2S. The molecule has 4 saturated carbocycles. The maximum Gasteiger partial charge on any atom is 0.348 e. The zero-order valence-corrected chi connectivity index (χ0v) is 18.7. The van der Waals surface area contributed by atoms with E-state index < -0.39 is 0 Å². The van der Waals surface area contributed by atoms with Crippen LogP contribution in [0.5, 0.6) is 0 Å². The van der Waals surface area contributed by atoms with E-state index in [0.29, 0.717) is 16.7 Å². The van der Waals surface area contributed by atoms with Crippen LogP contribution in [0.2, 0.25) is 0 Å². The molecular weight excluding hydrogens is 428 g/mol. The van der Waals surface area contributed by atoms with Gasteiger partial charge in [-0.05, 0) is 68.1 Å². The zero-order chi connectivity index (χ0) is 21.7. The monoisotopic (exact) mass is 450 g/mol. The fourth-order valence-corrected chi connectivity index (χ4v) is 8.20. The van der Waals surface area contributed by atoms with E-state index in [-0.39, 0.29) is 16.9 Å². The molecule has 10 nitrogen and oxygen atoms in total. The number of fused-ring (bicyclic) bond motifs is 3. The number of carbonyl (C=O) groups is 1. The minimum Gasteiger partial charge on any atom is -0.465 e. The molecule has 4 heterocycles. The fourth-order valence-electron chi connectivity index (χ4n) is 7.14. The molecule has 2 unspecified atom stereocenters. The van der Waals surface area contributed by atoms with Gasteiger partial charge >= 0.3 is 5.97 Å². The summed E-state index contributed by atoms with van der Waals surface area (Å²) < 4.78 is 6.73. The maximum absolute atomic E-state index is 12.2. The Kier molecular flexibility index (Phi) is 3.54. The summed E-state index contributed by atoms with van der Waals surface area (Å²) in [6, 6.07) is 0. The van der Waals surface area contributed by atoms with Crippen molar-refractivity contribution in [2.75, 3.05) is 7.11 Å². The Balaban J connectivity index is 1.39. The van der Waals surface area contributed by atoms with E-state index in [4.69, 9.17) is 14.8 Å². The third-order valence-electron chi connectivity index (χ3n) is 7.92. The molecule has 4 aromatic heterocycles. The summed E-state index contributed by atoms with van der Waals surface area (Å²) in [5, 5.41) is 18.6. The Morgan fingerprint density at radius 1 is 1.25 bits per heavy atom. The van der Waals surface area contributed by atoms with Gasteiger partial charge in [-0.15, -0.1) is 26.6 Å². The summed E-state index contributed by atoms with van der Waals surface area (Å²) in [5.41, 5.74) is 1.42. The second-order valence-electron chi connectivity index (χ2n) is 9.87. The second-order valence-corrected chi connectivity index (χ2v) is 10.9. The summed E-state index contributed by atoms with van der Waals surface area (Å²) in [6.45, 7) is 1.93. The molecule has 0 radical (unpaired) electrons. The van der Waals surface area contributed by atoms with Gasteiger partial charge in [-0.2, -0.15) is 4.80 Å². The lowest BCUT2D eigenvalue weighted by Crippen LogP contribution is -2.59. The molecule has 4 bridgehead atoms. The Morgan fingerprint density at radius 2 is 2.06 bits per heavy atom. The molecule has 32 heavy (non-hydrogen) atoms. The first-order valence-electron chi connectivity index (χ1n) is 11.0. The lowest BCUT2D eigenvalue weighted by molar-refractivity contribution is -0.0785. The maximum atomic E-state index is 12.2. The molecule has 164 valence electrons. The number of thiophene rings is 1. The number of rotatable bonds is 3. The lowest BCUT2D eigenvalue weighted by atomic mass is 9.46. The van der Waals surface area contributed by atoms with Gasteiger partial charge in [0.2, 0.25) is 0 Å². The molecule has 11 heteroatoms. The van der Waals surface area contributed by atoms with Gasteiger partial charge in [0.25, 0.3) is 0 Å². The highest BCUT2D eigenvalue weighted by Gasteiger charge is 2.61. The number of esters is 1. The molecule has 0 spiro atoms. The van der Waals surface area contributed by atoms with Crippen molar-refractivity contribution in [2.45, 2.75) is 56.4 Å². The predicted molar refractivity (Wildman–Crippen MR) is 114 cm³/mol. The Morgan fingerprint density at radius 3 is 2.78 bits per heavy atom. The van der Waals surface area contributed by atoms with Crippen LogP contribution < -0.4 is 0 Å². The number of methoxy groups -OCH3 is 1. The molecule has 0 amide bonds. The van der Waals surface area contributed by atoms with Crippen molar-refractivity contribution in [3.8, 4) is 0 Å². The minimum absolute atomic E-state index is 0.0921. The molecule has 2 atom stereocenters. The number of ether oxygens (including phenoxy) is 1. The molecule has 4 aromatic rings. The Hall–Kier alpha value is -2.95. The van der Waals surface area contributed by atoms with E-state index in [0.717, 1.165) is 59.4 Å². The van der Waals surface area contributed by atoms with E-state index in [9.17, 15) is 4.79 Å². The average molecular weight is 451 g/mol. The molecule has 4 fully saturated rings. The van der Waals surface area contributed by atoms with Gasteiger partial charge in [-0.3, -0.25) is 0 Å². The van der Waals surface area contributed by atoms with Crippen LogP contribution in [0.25, 0.3) is 15.9 Å². The molecule has 0 saturated heterocycles. The van der Waals surface area contributed by atoms with Crippen molar-refractivity contribution in [2.24, 2.45) is 11.8 Å². The molecule has 0 aromatic carbocycles. The van der Waals surface area contributed by atoms with E-state index in [1.807, 2.05) is 11.7 Å². The number of aromatic nitrogens is 8. The predicted octanol–water partition coefficient (Wildman–Crippen LogP) is 2.67. The summed E-state index contributed by atoms with van der Waals surface area (Å²) >= 11 is 1.34. The summed E-state index contributed by atoms with van der Waals surface area (Å²) in [7, 11) is 1.40. The fraction of sp³-hybridized carbons (Fsp3) is 0.571. The Labute approximate surface area is 187 Å². The van der Waals surface area contributed by atoms with E-state index in [2.05, 4.69) is 20.4 Å². The van der Waals surface area contributed by atoms with Crippen LogP contribution in [-0.2, 0) is 15.7 Å². The number of hydrogen-bond donors (Lipinski definition) is 0. The summed E-state index contributed by atoms with van der Waals surface area (Å²) in [6.07, 6.45) is 9.86. The number of nitrogens with zero attached hydrogens (tertiary/aromatic N) is 8. The zero-order valence-electron chi connectivity index (χ0n) is 17.9. The van der Waals surface area contributed by atoms with Gasteiger partial charge in [0.15, 0.2) is 17.8 Å². The van der Waals surface area contributed by atoms with Crippen LogP contribution in [-0.4, -0.2) is 52.9 Å².